The van der Waals surface area contributed by atoms with Crippen molar-refractivity contribution in [2.45, 2.75) is 103 Å². The highest BCUT2D eigenvalue weighted by molar-refractivity contribution is 5.93. The summed E-state index contributed by atoms with van der Waals surface area (Å²) in [6.07, 6.45) is 3.01. The Kier molecular flexibility index (Phi) is 5.60. The first-order valence-corrected chi connectivity index (χ1v) is 13.2. The van der Waals surface area contributed by atoms with Crippen LogP contribution in [0.4, 0.5) is 0 Å². The third kappa shape index (κ3) is 3.02. The predicted octanol–water partition coefficient (Wildman–Crippen LogP) is 2.78. The molecule has 1 aliphatic heterocycles. The number of Topliss-reactive ketones (excluding diaryl/α,β-unsaturated/α-hetero) is 1. The van der Waals surface area contributed by atoms with Gasteiger partial charge in [-0.15, -0.1) is 0 Å². The summed E-state index contributed by atoms with van der Waals surface area (Å²) in [5.74, 6) is -0.660. The van der Waals surface area contributed by atoms with E-state index in [-0.39, 0.29) is 30.3 Å². The lowest BCUT2D eigenvalue weighted by Crippen LogP contribution is -2.66. The number of aliphatic hydroxyl groups excluding tert-OH is 3. The second-order valence-corrected chi connectivity index (χ2v) is 12.8. The predicted molar refractivity (Wildman–Crippen MR) is 128 cm³/mol. The average Bonchev–Trinajstić information content (AvgIpc) is 3.53. The SMILES string of the molecule is CC(C)[C@@H](C)[C@H]1O[C@H]1[C@@H](C)[C@H]1[C@@H](O)C[C@]2(O)C3=CC=C4C[C@@H](O)CC[C@]4(C)[C@H]3C(=O)[C@H](O)[C@]12C. The van der Waals surface area contributed by atoms with Crippen LogP contribution in [-0.4, -0.2) is 62.3 Å². The van der Waals surface area contributed by atoms with Gasteiger partial charge in [-0.3, -0.25) is 4.79 Å². The number of hydrogen-bond donors (Lipinski definition) is 4. The summed E-state index contributed by atoms with van der Waals surface area (Å²) in [6, 6.07) is 0. The topological polar surface area (TPSA) is 111 Å². The number of hydrogen-bond acceptors (Lipinski definition) is 6. The first kappa shape index (κ1) is 24.6. The van der Waals surface area contributed by atoms with Crippen LogP contribution in [0.3, 0.4) is 0 Å². The van der Waals surface area contributed by atoms with Crippen molar-refractivity contribution in [3.8, 4) is 0 Å². The van der Waals surface area contributed by atoms with E-state index in [0.717, 1.165) is 5.57 Å². The fraction of sp³-hybridized carbons (Fsp3) is 0.821. The summed E-state index contributed by atoms with van der Waals surface area (Å²) in [4.78, 5) is 13.9. The molecule has 0 radical (unpaired) electrons. The van der Waals surface area contributed by atoms with Crippen LogP contribution in [0.15, 0.2) is 23.3 Å². The maximum absolute atomic E-state index is 13.9. The van der Waals surface area contributed by atoms with Gasteiger partial charge in [0, 0.05) is 23.2 Å². The number of ether oxygens (including phenoxy) is 1. The largest absolute Gasteiger partial charge is 0.393 e. The van der Waals surface area contributed by atoms with Crippen LogP contribution in [0.1, 0.15) is 67.2 Å². The summed E-state index contributed by atoms with van der Waals surface area (Å²) < 4.78 is 6.08. The van der Waals surface area contributed by atoms with Crippen molar-refractivity contribution in [3.05, 3.63) is 23.3 Å². The minimum absolute atomic E-state index is 0.0552. The normalized spacial score (nSPS) is 51.7. The minimum Gasteiger partial charge on any atom is -0.393 e. The van der Waals surface area contributed by atoms with Crippen molar-refractivity contribution < 1.29 is 30.0 Å². The van der Waals surface area contributed by atoms with Crippen molar-refractivity contribution in [3.63, 3.8) is 0 Å². The molecule has 6 nitrogen and oxygen atoms in total. The van der Waals surface area contributed by atoms with Crippen LogP contribution in [0.25, 0.3) is 0 Å². The molecule has 4 aliphatic carbocycles. The molecule has 0 amide bonds. The van der Waals surface area contributed by atoms with Gasteiger partial charge in [0.15, 0.2) is 5.78 Å². The minimum atomic E-state index is -1.49. The number of carbonyl (C=O) groups excluding carboxylic acids is 1. The molecule has 5 aliphatic rings. The van der Waals surface area contributed by atoms with Crippen LogP contribution >= 0.6 is 0 Å². The van der Waals surface area contributed by atoms with Crippen molar-refractivity contribution in [1.29, 1.82) is 0 Å². The molecule has 0 aromatic rings. The monoisotopic (exact) mass is 474 g/mol. The molecule has 0 bridgehead atoms. The zero-order valence-electron chi connectivity index (χ0n) is 21.4. The summed E-state index contributed by atoms with van der Waals surface area (Å²) in [7, 11) is 0. The van der Waals surface area contributed by atoms with E-state index in [4.69, 9.17) is 4.74 Å². The first-order chi connectivity index (χ1) is 15.8. The van der Waals surface area contributed by atoms with Gasteiger partial charge in [-0.25, -0.2) is 0 Å². The molecule has 34 heavy (non-hydrogen) atoms. The van der Waals surface area contributed by atoms with E-state index in [9.17, 15) is 25.2 Å². The lowest BCUT2D eigenvalue weighted by atomic mass is 9.47. The molecular weight excluding hydrogens is 432 g/mol. The van der Waals surface area contributed by atoms with E-state index < -0.39 is 46.6 Å². The highest BCUT2D eigenvalue weighted by Crippen LogP contribution is 2.67. The van der Waals surface area contributed by atoms with E-state index in [1.54, 1.807) is 6.92 Å². The molecule has 12 atom stereocenters. The van der Waals surface area contributed by atoms with E-state index >= 15 is 0 Å². The summed E-state index contributed by atoms with van der Waals surface area (Å²) in [5, 5.41) is 45.5. The van der Waals surface area contributed by atoms with Crippen molar-refractivity contribution in [1.82, 2.24) is 0 Å². The molecule has 6 heteroatoms. The van der Waals surface area contributed by atoms with Crippen LogP contribution < -0.4 is 0 Å². The number of carbonyl (C=O) groups is 1. The molecule has 1 saturated heterocycles. The Morgan fingerprint density at radius 3 is 2.38 bits per heavy atom. The molecule has 5 rings (SSSR count). The van der Waals surface area contributed by atoms with E-state index in [0.29, 0.717) is 36.7 Å². The number of ketones is 1. The number of aliphatic hydroxyl groups is 4. The highest BCUT2D eigenvalue weighted by atomic mass is 16.6. The Morgan fingerprint density at radius 1 is 1.06 bits per heavy atom. The van der Waals surface area contributed by atoms with E-state index in [1.165, 1.54) is 0 Å². The van der Waals surface area contributed by atoms with Gasteiger partial charge in [-0.05, 0) is 42.6 Å². The Morgan fingerprint density at radius 2 is 1.74 bits per heavy atom. The Labute approximate surface area is 203 Å². The van der Waals surface area contributed by atoms with E-state index in [2.05, 4.69) is 20.8 Å². The molecule has 4 N–H and O–H groups in total. The highest BCUT2D eigenvalue weighted by Gasteiger charge is 2.74. The fourth-order valence-corrected chi connectivity index (χ4v) is 8.36. The smallest absolute Gasteiger partial charge is 0.170 e. The van der Waals surface area contributed by atoms with Gasteiger partial charge < -0.3 is 25.2 Å². The van der Waals surface area contributed by atoms with Gasteiger partial charge in [0.1, 0.15) is 6.10 Å². The summed E-state index contributed by atoms with van der Waals surface area (Å²) in [5.41, 5.74) is -1.60. The fourth-order valence-electron chi connectivity index (χ4n) is 8.36. The van der Waals surface area contributed by atoms with Gasteiger partial charge in [0.05, 0.1) is 35.9 Å². The van der Waals surface area contributed by atoms with Crippen LogP contribution in [0.5, 0.6) is 0 Å². The third-order valence-corrected chi connectivity index (χ3v) is 10.9. The second kappa shape index (κ2) is 7.72. The first-order valence-electron chi connectivity index (χ1n) is 13.2. The van der Waals surface area contributed by atoms with Gasteiger partial charge in [0.2, 0.25) is 0 Å². The quantitative estimate of drug-likeness (QED) is 0.467. The van der Waals surface area contributed by atoms with Gasteiger partial charge in [-0.2, -0.15) is 0 Å². The number of epoxide rings is 1. The summed E-state index contributed by atoms with van der Waals surface area (Å²) >= 11 is 0. The Hall–Kier alpha value is -1.05. The van der Waals surface area contributed by atoms with Gasteiger partial charge >= 0.3 is 0 Å². The Balaban J connectivity index is 1.54. The molecule has 1 heterocycles. The molecular formula is C28H42O6. The van der Waals surface area contributed by atoms with Gasteiger partial charge in [-0.1, -0.05) is 59.3 Å². The van der Waals surface area contributed by atoms with Crippen molar-refractivity contribution in [2.75, 3.05) is 0 Å². The number of fused-ring (bicyclic) bond motifs is 5. The van der Waals surface area contributed by atoms with E-state index in [1.807, 2.05) is 26.0 Å². The molecule has 190 valence electrons. The zero-order chi connectivity index (χ0) is 25.0. The standard InChI is InChI=1S/C28H42O6/c1-13(2)14(3)23-24(34-23)15(4)20-19(30)12-28(33)18-8-7-16-11-17(29)9-10-26(16,5)21(18)22(31)25(32)27(20,28)6/h7-8,13-15,17,19-21,23-25,29-30,32-33H,9-12H2,1-6H3/t14-,15+,17+,19+,20+,21-,23-,24+,25+,26+,27+,28+/m1/s1. The molecule has 0 spiro atoms. The van der Waals surface area contributed by atoms with Crippen LogP contribution in [0, 0.1) is 40.4 Å². The number of allylic oxidation sites excluding steroid dienone is 2. The van der Waals surface area contributed by atoms with Crippen molar-refractivity contribution >= 4 is 5.78 Å². The number of rotatable bonds is 4. The van der Waals surface area contributed by atoms with Gasteiger partial charge in [0.25, 0.3) is 0 Å². The lowest BCUT2D eigenvalue weighted by molar-refractivity contribution is -0.177. The zero-order valence-corrected chi connectivity index (χ0v) is 21.4. The molecule has 0 aromatic carbocycles. The average molecular weight is 475 g/mol. The maximum Gasteiger partial charge on any atom is 0.170 e. The second-order valence-electron chi connectivity index (χ2n) is 12.8. The van der Waals surface area contributed by atoms with Crippen molar-refractivity contribution in [2.24, 2.45) is 40.4 Å². The molecule has 4 fully saturated rings. The molecule has 3 saturated carbocycles. The van der Waals surface area contributed by atoms with Crippen LogP contribution in [0.2, 0.25) is 0 Å². The molecule has 0 unspecified atom stereocenters. The Bertz CT molecular complexity index is 939. The molecule has 0 aromatic heterocycles. The van der Waals surface area contributed by atoms with Crippen LogP contribution in [-0.2, 0) is 9.53 Å². The lowest BCUT2D eigenvalue weighted by Gasteiger charge is -2.58. The maximum atomic E-state index is 13.9. The third-order valence-electron chi connectivity index (χ3n) is 10.9. The summed E-state index contributed by atoms with van der Waals surface area (Å²) in [6.45, 7) is 12.4.